The van der Waals surface area contributed by atoms with E-state index in [1.807, 2.05) is 43.3 Å². The molecule has 1 aromatic heterocycles. The van der Waals surface area contributed by atoms with Gasteiger partial charge in [0.05, 0.1) is 5.56 Å². The molecular formula is C21H22N4O. The van der Waals surface area contributed by atoms with Gasteiger partial charge in [-0.1, -0.05) is 48.5 Å². The molecule has 1 heterocycles. The number of aryl methyl sites for hydroxylation is 2. The number of nitrogens with one attached hydrogen (secondary N) is 2. The molecule has 2 N–H and O–H groups in total. The molecule has 0 bridgehead atoms. The summed E-state index contributed by atoms with van der Waals surface area (Å²) in [5.41, 5.74) is 5.10. The quantitative estimate of drug-likeness (QED) is 0.715. The van der Waals surface area contributed by atoms with Gasteiger partial charge in [0.15, 0.2) is 0 Å². The van der Waals surface area contributed by atoms with Crippen LogP contribution in [0.4, 0.5) is 5.95 Å². The van der Waals surface area contributed by atoms with E-state index in [2.05, 4.69) is 39.7 Å². The summed E-state index contributed by atoms with van der Waals surface area (Å²) in [4.78, 5) is 20.7. The highest BCUT2D eigenvalue weighted by molar-refractivity contribution is 5.93. The van der Waals surface area contributed by atoms with Crippen LogP contribution in [0, 0.1) is 13.8 Å². The van der Waals surface area contributed by atoms with Gasteiger partial charge in [0.25, 0.3) is 5.91 Å². The van der Waals surface area contributed by atoms with Crippen LogP contribution in [0.15, 0.2) is 60.9 Å². The van der Waals surface area contributed by atoms with Crippen LogP contribution in [-0.4, -0.2) is 15.9 Å². The number of hydrogen-bond acceptors (Lipinski definition) is 4. The largest absolute Gasteiger partial charge is 0.350 e. The lowest BCUT2D eigenvalue weighted by Gasteiger charge is -2.09. The zero-order valence-corrected chi connectivity index (χ0v) is 15.0. The summed E-state index contributed by atoms with van der Waals surface area (Å²) in [6.45, 7) is 5.23. The Morgan fingerprint density at radius 1 is 0.846 bits per heavy atom. The zero-order valence-electron chi connectivity index (χ0n) is 15.0. The molecule has 0 saturated heterocycles. The van der Waals surface area contributed by atoms with E-state index >= 15 is 0 Å². The first-order valence-electron chi connectivity index (χ1n) is 8.56. The number of anilines is 1. The molecular weight excluding hydrogens is 324 g/mol. The summed E-state index contributed by atoms with van der Waals surface area (Å²) in [6, 6.07) is 16.1. The summed E-state index contributed by atoms with van der Waals surface area (Å²) >= 11 is 0. The van der Waals surface area contributed by atoms with Crippen molar-refractivity contribution in [3.63, 3.8) is 0 Å². The minimum Gasteiger partial charge on any atom is -0.350 e. The maximum Gasteiger partial charge on any atom is 0.254 e. The summed E-state index contributed by atoms with van der Waals surface area (Å²) < 4.78 is 0. The molecule has 5 nitrogen and oxygen atoms in total. The van der Waals surface area contributed by atoms with Crippen molar-refractivity contribution in [2.75, 3.05) is 5.32 Å². The van der Waals surface area contributed by atoms with E-state index in [4.69, 9.17) is 0 Å². The first kappa shape index (κ1) is 17.6. The Bertz CT molecular complexity index is 891. The van der Waals surface area contributed by atoms with E-state index in [-0.39, 0.29) is 5.91 Å². The summed E-state index contributed by atoms with van der Waals surface area (Å²) in [6.07, 6.45) is 3.08. The van der Waals surface area contributed by atoms with Crippen molar-refractivity contribution in [3.8, 4) is 0 Å². The fourth-order valence-corrected chi connectivity index (χ4v) is 2.61. The van der Waals surface area contributed by atoms with Crippen molar-refractivity contribution < 1.29 is 4.79 Å². The Morgan fingerprint density at radius 2 is 1.38 bits per heavy atom. The number of nitrogens with zero attached hydrogens (tertiary/aromatic N) is 2. The number of benzene rings is 2. The smallest absolute Gasteiger partial charge is 0.254 e. The lowest BCUT2D eigenvalue weighted by Crippen LogP contribution is -2.23. The van der Waals surface area contributed by atoms with E-state index in [1.54, 1.807) is 12.4 Å². The van der Waals surface area contributed by atoms with Gasteiger partial charge in [0.1, 0.15) is 0 Å². The van der Waals surface area contributed by atoms with Crippen LogP contribution in [0.2, 0.25) is 0 Å². The predicted molar refractivity (Wildman–Crippen MR) is 103 cm³/mol. The minimum atomic E-state index is -0.182. The number of carbonyl (C=O) groups is 1. The van der Waals surface area contributed by atoms with E-state index in [0.29, 0.717) is 24.6 Å². The van der Waals surface area contributed by atoms with Crippen LogP contribution in [0.5, 0.6) is 0 Å². The Kier molecular flexibility index (Phi) is 5.59. The average Bonchev–Trinajstić information content (AvgIpc) is 2.67. The fourth-order valence-electron chi connectivity index (χ4n) is 2.61. The molecule has 26 heavy (non-hydrogen) atoms. The summed E-state index contributed by atoms with van der Waals surface area (Å²) in [7, 11) is 0. The Labute approximate surface area is 153 Å². The normalized spacial score (nSPS) is 10.4. The molecule has 0 fully saturated rings. The lowest BCUT2D eigenvalue weighted by atomic mass is 10.1. The van der Waals surface area contributed by atoms with Gasteiger partial charge in [-0.15, -0.1) is 0 Å². The third kappa shape index (κ3) is 4.45. The third-order valence-corrected chi connectivity index (χ3v) is 4.31. The number of rotatable bonds is 6. The first-order chi connectivity index (χ1) is 12.6. The van der Waals surface area contributed by atoms with E-state index < -0.39 is 0 Å². The molecule has 2 aromatic carbocycles. The topological polar surface area (TPSA) is 66.9 Å². The molecule has 0 unspecified atom stereocenters. The molecule has 0 radical (unpaired) electrons. The molecule has 0 aliphatic rings. The second-order valence-electron chi connectivity index (χ2n) is 6.18. The van der Waals surface area contributed by atoms with Crippen molar-refractivity contribution in [2.45, 2.75) is 26.9 Å². The highest BCUT2D eigenvalue weighted by atomic mass is 16.1. The lowest BCUT2D eigenvalue weighted by molar-refractivity contribution is 0.0950. The highest BCUT2D eigenvalue weighted by Gasteiger charge is 2.08. The standard InChI is InChI=1S/C21H22N4O/c1-15-7-3-5-9-17(15)11-22-20(26)19-13-24-21(25-14-19)23-12-18-10-6-4-8-16(18)2/h3-10,13-14H,11-12H2,1-2H3,(H,22,26)(H,23,24,25). The van der Waals surface area contributed by atoms with Crippen LogP contribution in [-0.2, 0) is 13.1 Å². The van der Waals surface area contributed by atoms with Gasteiger partial charge < -0.3 is 10.6 Å². The molecule has 1 amide bonds. The van der Waals surface area contributed by atoms with Crippen LogP contribution in [0.25, 0.3) is 0 Å². The zero-order chi connectivity index (χ0) is 18.4. The van der Waals surface area contributed by atoms with Gasteiger partial charge >= 0.3 is 0 Å². The van der Waals surface area contributed by atoms with Gasteiger partial charge in [0.2, 0.25) is 5.95 Å². The van der Waals surface area contributed by atoms with Crippen LogP contribution in [0.3, 0.4) is 0 Å². The van der Waals surface area contributed by atoms with E-state index in [9.17, 15) is 4.79 Å². The summed E-state index contributed by atoms with van der Waals surface area (Å²) in [5, 5.41) is 6.08. The molecule has 3 aromatic rings. The molecule has 132 valence electrons. The number of amides is 1. The van der Waals surface area contributed by atoms with E-state index in [0.717, 1.165) is 11.1 Å². The minimum absolute atomic E-state index is 0.182. The molecule has 0 aliphatic carbocycles. The predicted octanol–water partition coefficient (Wildman–Crippen LogP) is 3.64. The maximum absolute atomic E-state index is 12.3. The SMILES string of the molecule is Cc1ccccc1CNC(=O)c1cnc(NCc2ccccc2C)nc1. The van der Waals surface area contributed by atoms with Crippen LogP contribution >= 0.6 is 0 Å². The fraction of sp³-hybridized carbons (Fsp3) is 0.190. The third-order valence-electron chi connectivity index (χ3n) is 4.31. The van der Waals surface area contributed by atoms with Gasteiger partial charge in [-0.3, -0.25) is 4.79 Å². The van der Waals surface area contributed by atoms with E-state index in [1.165, 1.54) is 11.1 Å². The van der Waals surface area contributed by atoms with Gasteiger partial charge in [-0.25, -0.2) is 9.97 Å². The molecule has 0 atom stereocenters. The highest BCUT2D eigenvalue weighted by Crippen LogP contribution is 2.10. The van der Waals surface area contributed by atoms with Gasteiger partial charge in [0, 0.05) is 25.5 Å². The van der Waals surface area contributed by atoms with Gasteiger partial charge in [-0.2, -0.15) is 0 Å². The first-order valence-corrected chi connectivity index (χ1v) is 8.56. The van der Waals surface area contributed by atoms with Crippen molar-refractivity contribution in [2.24, 2.45) is 0 Å². The van der Waals surface area contributed by atoms with Crippen molar-refractivity contribution in [3.05, 3.63) is 88.7 Å². The number of hydrogen-bond donors (Lipinski definition) is 2. The van der Waals surface area contributed by atoms with Gasteiger partial charge in [-0.05, 0) is 36.1 Å². The monoisotopic (exact) mass is 346 g/mol. The Hall–Kier alpha value is -3.21. The average molecular weight is 346 g/mol. The second-order valence-corrected chi connectivity index (χ2v) is 6.18. The number of aromatic nitrogens is 2. The molecule has 0 saturated carbocycles. The van der Waals surface area contributed by atoms with Crippen molar-refractivity contribution in [1.82, 2.24) is 15.3 Å². The Morgan fingerprint density at radius 3 is 1.96 bits per heavy atom. The number of carbonyl (C=O) groups excluding carboxylic acids is 1. The molecule has 3 rings (SSSR count). The molecule has 5 heteroatoms. The maximum atomic E-state index is 12.3. The molecule has 0 spiro atoms. The molecule has 0 aliphatic heterocycles. The second kappa shape index (κ2) is 8.25. The Balaban J connectivity index is 1.56. The summed E-state index contributed by atoms with van der Waals surface area (Å²) in [5.74, 6) is 0.322. The van der Waals surface area contributed by atoms with Crippen molar-refractivity contribution >= 4 is 11.9 Å². The van der Waals surface area contributed by atoms with Crippen LogP contribution in [0.1, 0.15) is 32.6 Å². The van der Waals surface area contributed by atoms with Crippen LogP contribution < -0.4 is 10.6 Å². The van der Waals surface area contributed by atoms with Crippen molar-refractivity contribution in [1.29, 1.82) is 0 Å².